The first-order valence-electron chi connectivity index (χ1n) is 8.90. The number of hydrogen-bond donors (Lipinski definition) is 2. The predicted molar refractivity (Wildman–Crippen MR) is 86.9 cm³/mol. The summed E-state index contributed by atoms with van der Waals surface area (Å²) in [5, 5.41) is 11.9. The fourth-order valence-corrected chi connectivity index (χ4v) is 6.30. The van der Waals surface area contributed by atoms with Crippen molar-refractivity contribution in [2.24, 2.45) is 17.8 Å². The number of benzene rings is 1. The van der Waals surface area contributed by atoms with Gasteiger partial charge in [-0.25, -0.2) is 0 Å². The van der Waals surface area contributed by atoms with Crippen molar-refractivity contribution in [2.45, 2.75) is 44.2 Å². The van der Waals surface area contributed by atoms with E-state index in [1.807, 2.05) is 0 Å². The zero-order valence-corrected chi connectivity index (χ0v) is 13.3. The number of aliphatic hydroxyl groups is 1. The van der Waals surface area contributed by atoms with Crippen LogP contribution in [-0.2, 0) is 11.2 Å². The fourth-order valence-electron chi connectivity index (χ4n) is 6.30. The molecule has 120 valence electrons. The minimum absolute atomic E-state index is 0.281. The van der Waals surface area contributed by atoms with Gasteiger partial charge in [0.2, 0.25) is 0 Å². The molecule has 1 aromatic heterocycles. The van der Waals surface area contributed by atoms with E-state index in [-0.39, 0.29) is 5.92 Å². The second kappa shape index (κ2) is 4.18. The van der Waals surface area contributed by atoms with Crippen molar-refractivity contribution in [3.05, 3.63) is 35.5 Å². The summed E-state index contributed by atoms with van der Waals surface area (Å²) in [4.78, 5) is 6.43. The van der Waals surface area contributed by atoms with Crippen LogP contribution >= 0.6 is 0 Å². The number of piperidine rings is 3. The van der Waals surface area contributed by atoms with E-state index >= 15 is 0 Å². The molecule has 0 amide bonds. The van der Waals surface area contributed by atoms with Crippen LogP contribution in [0.15, 0.2) is 24.3 Å². The summed E-state index contributed by atoms with van der Waals surface area (Å²) in [6, 6.07) is 10.1. The topological polar surface area (TPSA) is 48.5 Å². The van der Waals surface area contributed by atoms with E-state index in [9.17, 15) is 5.11 Å². The lowest BCUT2D eigenvalue weighted by atomic mass is 9.58. The minimum Gasteiger partial charge on any atom is -0.368 e. The van der Waals surface area contributed by atoms with Crippen LogP contribution in [0.3, 0.4) is 0 Å². The number of aliphatic hydroxyl groups excluding tert-OH is 1. The van der Waals surface area contributed by atoms with Crippen LogP contribution in [0.5, 0.6) is 0 Å². The number of H-pyrrole nitrogens is 1. The van der Waals surface area contributed by atoms with E-state index in [0.29, 0.717) is 30.0 Å². The molecule has 0 radical (unpaired) electrons. The van der Waals surface area contributed by atoms with Crippen LogP contribution in [0.2, 0.25) is 0 Å². The van der Waals surface area contributed by atoms with Crippen LogP contribution in [0.1, 0.15) is 30.6 Å². The lowest BCUT2D eigenvalue weighted by Gasteiger charge is -2.65. The van der Waals surface area contributed by atoms with Crippen molar-refractivity contribution in [3.8, 4) is 0 Å². The van der Waals surface area contributed by atoms with Crippen LogP contribution in [-0.4, -0.2) is 40.0 Å². The number of nitrogens with one attached hydrogen (secondary N) is 1. The summed E-state index contributed by atoms with van der Waals surface area (Å²) in [7, 11) is 0. The molecule has 2 aromatic rings. The van der Waals surface area contributed by atoms with Crippen LogP contribution in [0.4, 0.5) is 0 Å². The zero-order chi connectivity index (χ0) is 15.3. The summed E-state index contributed by atoms with van der Waals surface area (Å²) in [6.07, 6.45) is 1.62. The first kappa shape index (κ1) is 13.0. The van der Waals surface area contributed by atoms with Gasteiger partial charge in [0.25, 0.3) is 0 Å². The van der Waals surface area contributed by atoms with E-state index in [0.717, 1.165) is 19.4 Å². The summed E-state index contributed by atoms with van der Waals surface area (Å²) in [5.74, 6) is 1.47. The highest BCUT2D eigenvalue weighted by Crippen LogP contribution is 2.58. The first-order valence-corrected chi connectivity index (χ1v) is 8.90. The molecule has 0 spiro atoms. The maximum Gasteiger partial charge on any atom is 0.159 e. The molecule has 5 aliphatic rings. The second-order valence-electron chi connectivity index (χ2n) is 7.90. The van der Waals surface area contributed by atoms with Crippen molar-refractivity contribution < 1.29 is 9.84 Å². The molecule has 5 aliphatic heterocycles. The Morgan fingerprint density at radius 3 is 3.04 bits per heavy atom. The number of rotatable bonds is 0. The third kappa shape index (κ3) is 1.44. The Morgan fingerprint density at radius 1 is 1.26 bits per heavy atom. The van der Waals surface area contributed by atoms with Gasteiger partial charge in [0, 0.05) is 40.5 Å². The molecule has 7 unspecified atom stereocenters. The third-order valence-corrected chi connectivity index (χ3v) is 7.20. The molecular formula is C19H22N2O2. The highest BCUT2D eigenvalue weighted by molar-refractivity contribution is 5.85. The van der Waals surface area contributed by atoms with Gasteiger partial charge in [-0.15, -0.1) is 0 Å². The number of aromatic nitrogens is 1. The van der Waals surface area contributed by atoms with Crippen molar-refractivity contribution in [1.82, 2.24) is 9.88 Å². The lowest BCUT2D eigenvalue weighted by molar-refractivity contribution is -0.280. The second-order valence-corrected chi connectivity index (χ2v) is 7.90. The van der Waals surface area contributed by atoms with Gasteiger partial charge >= 0.3 is 0 Å². The maximum absolute atomic E-state index is 10.5. The Morgan fingerprint density at radius 2 is 2.13 bits per heavy atom. The van der Waals surface area contributed by atoms with Gasteiger partial charge in [0.1, 0.15) is 0 Å². The summed E-state index contributed by atoms with van der Waals surface area (Å²) in [5.41, 5.74) is 4.18. The molecule has 4 heteroatoms. The van der Waals surface area contributed by atoms with Crippen molar-refractivity contribution >= 4 is 10.9 Å². The molecule has 6 bridgehead atoms. The van der Waals surface area contributed by atoms with Crippen molar-refractivity contribution in [2.75, 3.05) is 6.61 Å². The molecule has 0 aliphatic carbocycles. The van der Waals surface area contributed by atoms with E-state index in [1.54, 1.807) is 0 Å². The largest absolute Gasteiger partial charge is 0.368 e. The number of hydrogen-bond acceptors (Lipinski definition) is 3. The number of ether oxygens (including phenoxy) is 1. The van der Waals surface area contributed by atoms with Gasteiger partial charge in [0.15, 0.2) is 6.29 Å². The Balaban J connectivity index is 1.56. The Hall–Kier alpha value is -1.36. The SMILES string of the molecule is CC1C2COC(O)C3C2C[C@H]2c4[nH]c5ccccc5c4CC3N12. The molecule has 6 heterocycles. The van der Waals surface area contributed by atoms with Gasteiger partial charge in [-0.2, -0.15) is 0 Å². The van der Waals surface area contributed by atoms with E-state index in [4.69, 9.17) is 4.74 Å². The monoisotopic (exact) mass is 310 g/mol. The van der Waals surface area contributed by atoms with Crippen molar-refractivity contribution in [3.63, 3.8) is 0 Å². The summed E-state index contributed by atoms with van der Waals surface area (Å²) < 4.78 is 5.74. The zero-order valence-electron chi connectivity index (χ0n) is 13.3. The van der Waals surface area contributed by atoms with Crippen LogP contribution in [0, 0.1) is 17.8 Å². The van der Waals surface area contributed by atoms with Gasteiger partial charge in [-0.1, -0.05) is 18.2 Å². The highest BCUT2D eigenvalue weighted by atomic mass is 16.6. The molecule has 0 saturated carbocycles. The van der Waals surface area contributed by atoms with E-state index < -0.39 is 6.29 Å². The molecule has 23 heavy (non-hydrogen) atoms. The third-order valence-electron chi connectivity index (χ3n) is 7.20. The molecule has 4 nitrogen and oxygen atoms in total. The number of aromatic amines is 1. The Kier molecular flexibility index (Phi) is 2.36. The van der Waals surface area contributed by atoms with Gasteiger partial charge < -0.3 is 14.8 Å². The predicted octanol–water partition coefficient (Wildman–Crippen LogP) is 2.44. The van der Waals surface area contributed by atoms with Crippen molar-refractivity contribution in [1.29, 1.82) is 0 Å². The van der Waals surface area contributed by atoms with Gasteiger partial charge in [-0.3, -0.25) is 4.90 Å². The Bertz CT molecular complexity index is 800. The number of para-hydroxylation sites is 1. The normalized spacial score (nSPS) is 46.9. The highest BCUT2D eigenvalue weighted by Gasteiger charge is 2.61. The molecule has 8 atom stereocenters. The molecule has 1 aromatic carbocycles. The fraction of sp³-hybridized carbons (Fsp3) is 0.579. The number of fused-ring (bicyclic) bond motifs is 3. The first-order chi connectivity index (χ1) is 11.2. The maximum atomic E-state index is 10.5. The van der Waals surface area contributed by atoms with Crippen LogP contribution < -0.4 is 0 Å². The number of nitrogens with zero attached hydrogens (tertiary/aromatic N) is 1. The lowest BCUT2D eigenvalue weighted by Crippen LogP contribution is -2.71. The van der Waals surface area contributed by atoms with Crippen LogP contribution in [0.25, 0.3) is 10.9 Å². The van der Waals surface area contributed by atoms with Gasteiger partial charge in [-0.05, 0) is 37.3 Å². The average molecular weight is 310 g/mol. The average Bonchev–Trinajstić information content (AvgIpc) is 2.93. The van der Waals surface area contributed by atoms with E-state index in [1.165, 1.54) is 22.2 Å². The molecular weight excluding hydrogens is 288 g/mol. The molecule has 7 rings (SSSR count). The smallest absolute Gasteiger partial charge is 0.159 e. The molecule has 4 saturated heterocycles. The standard InChI is InChI=1S/C19H22N2O2/c1-9-13-8-23-19(22)17-11(13)6-16-18-12(7-15(17)21(9)16)10-4-2-3-5-14(10)20-18/h2-5,9,11,13,15-17,19-20,22H,6-8H2,1H3/t9?,11?,13?,15?,16-,17?,19?/m0/s1. The summed E-state index contributed by atoms with van der Waals surface area (Å²) >= 11 is 0. The Labute approximate surface area is 135 Å². The summed E-state index contributed by atoms with van der Waals surface area (Å²) in [6.45, 7) is 3.08. The quantitative estimate of drug-likeness (QED) is 0.786. The van der Waals surface area contributed by atoms with Gasteiger partial charge in [0.05, 0.1) is 12.6 Å². The molecule has 2 N–H and O–H groups in total. The minimum atomic E-state index is -0.580. The van der Waals surface area contributed by atoms with E-state index in [2.05, 4.69) is 41.1 Å². The molecule has 4 fully saturated rings.